The molecule has 0 unspecified atom stereocenters. The normalized spacial score (nSPS) is 12.7. The average Bonchev–Trinajstić information content (AvgIpc) is 2.34. The Bertz CT molecular complexity index is 601. The van der Waals surface area contributed by atoms with E-state index in [1.54, 1.807) is 4.72 Å². The predicted molar refractivity (Wildman–Crippen MR) is 62.8 cm³/mol. The monoisotopic (exact) mass is 333 g/mol. The molecule has 0 saturated carbocycles. The van der Waals surface area contributed by atoms with Gasteiger partial charge in [-0.2, -0.15) is 13.2 Å². The minimum atomic E-state index is -4.43. The number of aliphatic hydroxyl groups excluding tert-OH is 1. The van der Waals surface area contributed by atoms with Gasteiger partial charge in [-0.3, -0.25) is 0 Å². The molecular weight excluding hydrogens is 321 g/mol. The molecule has 0 aromatic heterocycles. The van der Waals surface area contributed by atoms with Crippen LogP contribution in [-0.4, -0.2) is 26.2 Å². The van der Waals surface area contributed by atoms with Crippen molar-refractivity contribution < 1.29 is 35.5 Å². The molecule has 0 atom stereocenters. The van der Waals surface area contributed by atoms with Crippen molar-refractivity contribution in [1.82, 2.24) is 4.72 Å². The third kappa shape index (κ3) is 4.90. The summed E-state index contributed by atoms with van der Waals surface area (Å²) in [6.07, 6.45) is -6.13. The zero-order valence-corrected chi connectivity index (χ0v) is 11.4. The molecular formula is C11H12F5NO3S. The Kier molecular flexibility index (Phi) is 5.65. The van der Waals surface area contributed by atoms with Gasteiger partial charge in [0.05, 0.1) is 12.2 Å². The third-order valence-electron chi connectivity index (χ3n) is 2.53. The Morgan fingerprint density at radius 1 is 1.19 bits per heavy atom. The lowest BCUT2D eigenvalue weighted by molar-refractivity contribution is -0.135. The highest BCUT2D eigenvalue weighted by Crippen LogP contribution is 2.22. The maximum atomic E-state index is 13.7. The first-order chi connectivity index (χ1) is 9.58. The molecule has 4 nitrogen and oxygen atoms in total. The molecule has 0 saturated heterocycles. The largest absolute Gasteiger partial charge is 0.391 e. The van der Waals surface area contributed by atoms with Gasteiger partial charge in [0, 0.05) is 13.0 Å². The second-order valence-corrected chi connectivity index (χ2v) is 5.85. The number of alkyl halides is 3. The Hall–Kier alpha value is -1.26. The minimum absolute atomic E-state index is 0.515. The van der Waals surface area contributed by atoms with E-state index >= 15 is 0 Å². The van der Waals surface area contributed by atoms with E-state index in [0.29, 0.717) is 12.1 Å². The molecule has 1 rings (SSSR count). The number of nitrogens with one attached hydrogen (secondary N) is 1. The summed E-state index contributed by atoms with van der Waals surface area (Å²) in [6.45, 7) is -1.60. The molecule has 0 aliphatic rings. The highest BCUT2D eigenvalue weighted by Gasteiger charge is 2.27. The van der Waals surface area contributed by atoms with Gasteiger partial charge in [0.15, 0.2) is 5.82 Å². The highest BCUT2D eigenvalue weighted by atomic mass is 32.2. The minimum Gasteiger partial charge on any atom is -0.391 e. The number of rotatable bonds is 6. The van der Waals surface area contributed by atoms with Crippen LogP contribution in [-0.2, 0) is 16.6 Å². The smallest absolute Gasteiger partial charge is 0.389 e. The van der Waals surface area contributed by atoms with E-state index in [4.69, 9.17) is 5.11 Å². The molecule has 1 aromatic rings. The van der Waals surface area contributed by atoms with Crippen LogP contribution in [0.4, 0.5) is 22.0 Å². The molecule has 0 aliphatic carbocycles. The molecule has 10 heteroatoms. The van der Waals surface area contributed by atoms with Gasteiger partial charge >= 0.3 is 6.18 Å². The van der Waals surface area contributed by atoms with Crippen LogP contribution in [0.1, 0.15) is 18.4 Å². The molecule has 2 N–H and O–H groups in total. The van der Waals surface area contributed by atoms with Crippen molar-refractivity contribution in [3.63, 3.8) is 0 Å². The standard InChI is InChI=1S/C11H12F5NO3S/c12-8-2-3-9(10(13)7(8)6-18)21(19,20)17-5-1-4-11(14,15)16/h2-3,17-18H,1,4-6H2. The molecule has 21 heavy (non-hydrogen) atoms. The SMILES string of the molecule is O=S(=O)(NCCCC(F)(F)F)c1ccc(F)c(CO)c1F. The summed E-state index contributed by atoms with van der Waals surface area (Å²) in [6, 6.07) is 1.29. The van der Waals surface area contributed by atoms with Crippen LogP contribution in [0.25, 0.3) is 0 Å². The number of benzene rings is 1. The first kappa shape index (κ1) is 17.8. The number of hydrogen-bond acceptors (Lipinski definition) is 3. The van der Waals surface area contributed by atoms with Gasteiger partial charge in [0.2, 0.25) is 10.0 Å². The number of halogens is 5. The molecule has 120 valence electrons. The van der Waals surface area contributed by atoms with E-state index in [9.17, 15) is 30.4 Å². The van der Waals surface area contributed by atoms with Crippen molar-refractivity contribution in [2.24, 2.45) is 0 Å². The van der Waals surface area contributed by atoms with Crippen molar-refractivity contribution in [3.05, 3.63) is 29.3 Å². The Morgan fingerprint density at radius 2 is 1.81 bits per heavy atom. The number of hydrogen-bond donors (Lipinski definition) is 2. The first-order valence-electron chi connectivity index (χ1n) is 5.72. The number of sulfonamides is 1. The zero-order valence-electron chi connectivity index (χ0n) is 10.5. The van der Waals surface area contributed by atoms with Crippen LogP contribution in [0.2, 0.25) is 0 Å². The topological polar surface area (TPSA) is 66.4 Å². The summed E-state index contributed by atoms with van der Waals surface area (Å²) < 4.78 is 87.8. The third-order valence-corrected chi connectivity index (χ3v) is 4.01. The summed E-state index contributed by atoms with van der Waals surface area (Å²) in [4.78, 5) is -0.931. The van der Waals surface area contributed by atoms with Crippen molar-refractivity contribution in [1.29, 1.82) is 0 Å². The average molecular weight is 333 g/mol. The Morgan fingerprint density at radius 3 is 2.33 bits per heavy atom. The maximum Gasteiger partial charge on any atom is 0.389 e. The van der Waals surface area contributed by atoms with Gasteiger partial charge in [-0.25, -0.2) is 21.9 Å². The van der Waals surface area contributed by atoms with Gasteiger partial charge in [0.25, 0.3) is 0 Å². The van der Waals surface area contributed by atoms with Gasteiger partial charge in [-0.05, 0) is 18.6 Å². The molecule has 0 aliphatic heterocycles. The molecule has 0 bridgehead atoms. The van der Waals surface area contributed by atoms with Crippen LogP contribution >= 0.6 is 0 Å². The lowest BCUT2D eigenvalue weighted by Gasteiger charge is -2.11. The van der Waals surface area contributed by atoms with E-state index in [1.165, 1.54) is 0 Å². The summed E-state index contributed by atoms with van der Waals surface area (Å²) in [7, 11) is -4.43. The van der Waals surface area contributed by atoms with Gasteiger partial charge in [-0.1, -0.05) is 0 Å². The fraction of sp³-hybridized carbons (Fsp3) is 0.455. The van der Waals surface area contributed by atoms with E-state index in [0.717, 1.165) is 0 Å². The molecule has 0 fully saturated rings. The van der Waals surface area contributed by atoms with Crippen LogP contribution in [0.3, 0.4) is 0 Å². The van der Waals surface area contributed by atoms with Crippen molar-refractivity contribution >= 4 is 10.0 Å². The second kappa shape index (κ2) is 6.67. The van der Waals surface area contributed by atoms with E-state index in [-0.39, 0.29) is 0 Å². The van der Waals surface area contributed by atoms with Crippen LogP contribution in [0.5, 0.6) is 0 Å². The van der Waals surface area contributed by atoms with Crippen molar-refractivity contribution in [2.45, 2.75) is 30.5 Å². The number of aliphatic hydroxyl groups is 1. The molecule has 0 heterocycles. The van der Waals surface area contributed by atoms with Crippen LogP contribution < -0.4 is 4.72 Å². The second-order valence-electron chi connectivity index (χ2n) is 4.11. The highest BCUT2D eigenvalue weighted by molar-refractivity contribution is 7.89. The van der Waals surface area contributed by atoms with E-state index in [1.807, 2.05) is 0 Å². The van der Waals surface area contributed by atoms with Crippen molar-refractivity contribution in [3.8, 4) is 0 Å². The van der Waals surface area contributed by atoms with Gasteiger partial charge < -0.3 is 5.11 Å². The first-order valence-corrected chi connectivity index (χ1v) is 7.21. The maximum absolute atomic E-state index is 13.7. The summed E-state index contributed by atoms with van der Waals surface area (Å²) >= 11 is 0. The van der Waals surface area contributed by atoms with Gasteiger partial charge in [0.1, 0.15) is 10.7 Å². The van der Waals surface area contributed by atoms with Gasteiger partial charge in [-0.15, -0.1) is 0 Å². The van der Waals surface area contributed by atoms with Crippen molar-refractivity contribution in [2.75, 3.05) is 6.54 Å². The lowest BCUT2D eigenvalue weighted by Crippen LogP contribution is -2.27. The molecule has 0 spiro atoms. The Labute approximate surface area is 117 Å². The quantitative estimate of drug-likeness (QED) is 0.619. The molecule has 0 amide bonds. The predicted octanol–water partition coefficient (Wildman–Crippen LogP) is 2.08. The summed E-state index contributed by atoms with van der Waals surface area (Å²) in [5.74, 6) is -2.59. The summed E-state index contributed by atoms with van der Waals surface area (Å²) in [5, 5.41) is 8.77. The Balaban J connectivity index is 2.84. The van der Waals surface area contributed by atoms with E-state index < -0.39 is 64.3 Å². The fourth-order valence-corrected chi connectivity index (χ4v) is 2.68. The van der Waals surface area contributed by atoms with Crippen LogP contribution in [0, 0.1) is 11.6 Å². The fourth-order valence-electron chi connectivity index (χ4n) is 1.50. The van der Waals surface area contributed by atoms with Crippen LogP contribution in [0.15, 0.2) is 17.0 Å². The molecule has 1 aromatic carbocycles. The lowest BCUT2D eigenvalue weighted by atomic mass is 10.2. The zero-order chi connectivity index (χ0) is 16.3. The van der Waals surface area contributed by atoms with E-state index in [2.05, 4.69) is 0 Å². The summed E-state index contributed by atoms with van der Waals surface area (Å²) in [5.41, 5.74) is -0.826. The molecule has 0 radical (unpaired) electrons.